The summed E-state index contributed by atoms with van der Waals surface area (Å²) in [6, 6.07) is 7.01. The van der Waals surface area contributed by atoms with E-state index in [4.69, 9.17) is 17.3 Å². The maximum atomic E-state index is 11.9. The highest BCUT2D eigenvalue weighted by Crippen LogP contribution is 2.26. The van der Waals surface area contributed by atoms with Crippen molar-refractivity contribution in [2.75, 3.05) is 24.5 Å². The smallest absolute Gasteiger partial charge is 0.227 e. The second-order valence-corrected chi connectivity index (χ2v) is 4.90. The van der Waals surface area contributed by atoms with Gasteiger partial charge in [0.1, 0.15) is 0 Å². The molecule has 1 aliphatic rings. The topological polar surface area (TPSA) is 75.4 Å². The van der Waals surface area contributed by atoms with E-state index in [-0.39, 0.29) is 24.2 Å². The summed E-state index contributed by atoms with van der Waals surface area (Å²) in [4.78, 5) is 25.4. The van der Waals surface area contributed by atoms with Crippen molar-refractivity contribution in [1.29, 1.82) is 0 Å². The van der Waals surface area contributed by atoms with Gasteiger partial charge in [0.05, 0.1) is 5.92 Å². The van der Waals surface area contributed by atoms with Gasteiger partial charge in [0, 0.05) is 36.8 Å². The summed E-state index contributed by atoms with van der Waals surface area (Å²) in [6.45, 7) is 1.23. The van der Waals surface area contributed by atoms with Crippen LogP contribution in [0.25, 0.3) is 0 Å². The van der Waals surface area contributed by atoms with Gasteiger partial charge >= 0.3 is 0 Å². The van der Waals surface area contributed by atoms with Gasteiger partial charge in [-0.3, -0.25) is 9.59 Å². The maximum Gasteiger partial charge on any atom is 0.227 e. The van der Waals surface area contributed by atoms with Gasteiger partial charge < -0.3 is 16.0 Å². The lowest BCUT2D eigenvalue weighted by atomic mass is 10.1. The zero-order valence-electron chi connectivity index (χ0n) is 10.4. The summed E-state index contributed by atoms with van der Waals surface area (Å²) in [6.07, 6.45) is 0.235. The fourth-order valence-corrected chi connectivity index (χ4v) is 2.22. The van der Waals surface area contributed by atoms with Crippen LogP contribution in [0.15, 0.2) is 24.3 Å². The molecule has 1 fully saturated rings. The lowest BCUT2D eigenvalue weighted by Crippen LogP contribution is -2.35. The Bertz CT molecular complexity index is 475. The van der Waals surface area contributed by atoms with Crippen molar-refractivity contribution >= 4 is 29.1 Å². The minimum Gasteiger partial charge on any atom is -0.355 e. The van der Waals surface area contributed by atoms with E-state index >= 15 is 0 Å². The zero-order valence-corrected chi connectivity index (χ0v) is 11.2. The molecule has 1 atom stereocenters. The van der Waals surface area contributed by atoms with E-state index in [1.807, 2.05) is 0 Å². The molecule has 0 aromatic heterocycles. The lowest BCUT2D eigenvalue weighted by Gasteiger charge is -2.16. The first-order chi connectivity index (χ1) is 9.11. The Morgan fingerprint density at radius 2 is 2.11 bits per heavy atom. The molecule has 1 aromatic carbocycles. The predicted molar refractivity (Wildman–Crippen MR) is 74.0 cm³/mol. The second-order valence-electron chi connectivity index (χ2n) is 4.46. The van der Waals surface area contributed by atoms with Crippen LogP contribution in [0.4, 0.5) is 5.69 Å². The Morgan fingerprint density at radius 1 is 1.42 bits per heavy atom. The Labute approximate surface area is 116 Å². The van der Waals surface area contributed by atoms with E-state index in [1.165, 1.54) is 0 Å². The van der Waals surface area contributed by atoms with Gasteiger partial charge in [0.25, 0.3) is 0 Å². The number of nitrogens with two attached hydrogens (primary N) is 1. The van der Waals surface area contributed by atoms with E-state index < -0.39 is 0 Å². The molecule has 3 N–H and O–H groups in total. The highest BCUT2D eigenvalue weighted by Gasteiger charge is 2.34. The number of nitrogens with zero attached hydrogens (tertiary/aromatic N) is 1. The molecule has 0 radical (unpaired) electrons. The summed E-state index contributed by atoms with van der Waals surface area (Å²) in [5.41, 5.74) is 6.10. The van der Waals surface area contributed by atoms with E-state index in [0.29, 0.717) is 24.7 Å². The van der Waals surface area contributed by atoms with Gasteiger partial charge in [0.2, 0.25) is 11.8 Å². The van der Waals surface area contributed by atoms with Crippen molar-refractivity contribution in [3.05, 3.63) is 29.3 Å². The summed E-state index contributed by atoms with van der Waals surface area (Å²) in [5.74, 6) is -0.472. The largest absolute Gasteiger partial charge is 0.355 e. The van der Waals surface area contributed by atoms with Crippen LogP contribution in [-0.4, -0.2) is 31.4 Å². The molecule has 0 spiro atoms. The van der Waals surface area contributed by atoms with Crippen LogP contribution < -0.4 is 16.0 Å². The molecule has 1 aliphatic heterocycles. The average molecular weight is 282 g/mol. The van der Waals surface area contributed by atoms with Crippen molar-refractivity contribution in [2.24, 2.45) is 11.7 Å². The Balaban J connectivity index is 2.03. The summed E-state index contributed by atoms with van der Waals surface area (Å²) in [5, 5.41) is 3.33. The molecular formula is C13H16ClN3O2. The molecule has 2 rings (SSSR count). The number of benzene rings is 1. The van der Waals surface area contributed by atoms with Gasteiger partial charge in [-0.25, -0.2) is 0 Å². The minimum atomic E-state index is -0.310. The Morgan fingerprint density at radius 3 is 2.74 bits per heavy atom. The molecule has 6 heteroatoms. The number of rotatable bonds is 4. The fourth-order valence-electron chi connectivity index (χ4n) is 2.09. The molecule has 0 aliphatic carbocycles. The molecule has 5 nitrogen and oxygen atoms in total. The number of nitrogens with one attached hydrogen (secondary N) is 1. The molecule has 1 saturated heterocycles. The molecule has 2 amide bonds. The van der Waals surface area contributed by atoms with Crippen molar-refractivity contribution in [2.45, 2.75) is 6.42 Å². The first kappa shape index (κ1) is 13.8. The van der Waals surface area contributed by atoms with Crippen LogP contribution in [0.3, 0.4) is 0 Å². The highest BCUT2D eigenvalue weighted by molar-refractivity contribution is 6.30. The number of hydrogen-bond acceptors (Lipinski definition) is 3. The predicted octanol–water partition coefficient (Wildman–Crippen LogP) is 0.768. The number of halogens is 1. The quantitative estimate of drug-likeness (QED) is 0.856. The van der Waals surface area contributed by atoms with E-state index in [1.54, 1.807) is 29.2 Å². The van der Waals surface area contributed by atoms with Crippen LogP contribution >= 0.6 is 11.6 Å². The van der Waals surface area contributed by atoms with Gasteiger partial charge in [-0.15, -0.1) is 0 Å². The van der Waals surface area contributed by atoms with E-state index in [0.717, 1.165) is 5.69 Å². The molecular weight excluding hydrogens is 266 g/mol. The highest BCUT2D eigenvalue weighted by atomic mass is 35.5. The van der Waals surface area contributed by atoms with Crippen molar-refractivity contribution in [3.8, 4) is 0 Å². The molecule has 19 heavy (non-hydrogen) atoms. The average Bonchev–Trinajstić information content (AvgIpc) is 2.79. The van der Waals surface area contributed by atoms with Gasteiger partial charge in [-0.05, 0) is 24.3 Å². The summed E-state index contributed by atoms with van der Waals surface area (Å²) < 4.78 is 0. The fraction of sp³-hybridized carbons (Fsp3) is 0.385. The first-order valence-electron chi connectivity index (χ1n) is 6.15. The number of carbonyl (C=O) groups is 2. The number of amides is 2. The van der Waals surface area contributed by atoms with Crippen LogP contribution in [0, 0.1) is 5.92 Å². The van der Waals surface area contributed by atoms with Crippen LogP contribution in [0.1, 0.15) is 6.42 Å². The standard InChI is InChI=1S/C13H16ClN3O2/c14-10-1-3-11(4-2-10)17-8-9(7-12(17)18)13(19)16-6-5-15/h1-4,9H,5-8,15H2,(H,16,19)/t9-/m1/s1. The normalized spacial score (nSPS) is 18.7. The number of carbonyl (C=O) groups excluding carboxylic acids is 2. The zero-order chi connectivity index (χ0) is 13.8. The van der Waals surface area contributed by atoms with Crippen LogP contribution in [0.5, 0.6) is 0 Å². The number of anilines is 1. The maximum absolute atomic E-state index is 11.9. The molecule has 1 aromatic rings. The third kappa shape index (κ3) is 3.24. The first-order valence-corrected chi connectivity index (χ1v) is 6.53. The van der Waals surface area contributed by atoms with Crippen LogP contribution in [0.2, 0.25) is 5.02 Å². The summed E-state index contributed by atoms with van der Waals surface area (Å²) in [7, 11) is 0. The van der Waals surface area contributed by atoms with Crippen LogP contribution in [-0.2, 0) is 9.59 Å². The minimum absolute atomic E-state index is 0.0461. The number of hydrogen-bond donors (Lipinski definition) is 2. The molecule has 0 saturated carbocycles. The SMILES string of the molecule is NCCNC(=O)[C@@H]1CC(=O)N(c2ccc(Cl)cc2)C1. The van der Waals surface area contributed by atoms with Gasteiger partial charge in [-0.2, -0.15) is 0 Å². The third-order valence-corrected chi connectivity index (χ3v) is 3.33. The molecule has 0 unspecified atom stereocenters. The summed E-state index contributed by atoms with van der Waals surface area (Å²) >= 11 is 5.81. The molecule has 1 heterocycles. The molecule has 102 valence electrons. The van der Waals surface area contributed by atoms with E-state index in [9.17, 15) is 9.59 Å². The second kappa shape index (κ2) is 6.04. The lowest BCUT2D eigenvalue weighted by molar-refractivity contribution is -0.126. The van der Waals surface area contributed by atoms with Gasteiger partial charge in [0.15, 0.2) is 0 Å². The van der Waals surface area contributed by atoms with Crippen molar-refractivity contribution in [3.63, 3.8) is 0 Å². The van der Waals surface area contributed by atoms with Gasteiger partial charge in [-0.1, -0.05) is 11.6 Å². The molecule has 0 bridgehead atoms. The van der Waals surface area contributed by atoms with Crippen molar-refractivity contribution in [1.82, 2.24) is 5.32 Å². The van der Waals surface area contributed by atoms with E-state index in [2.05, 4.69) is 5.32 Å². The Hall–Kier alpha value is -1.59. The Kier molecular flexibility index (Phi) is 4.39. The third-order valence-electron chi connectivity index (χ3n) is 3.08. The monoisotopic (exact) mass is 281 g/mol. The van der Waals surface area contributed by atoms with Crippen molar-refractivity contribution < 1.29 is 9.59 Å².